The molecule has 1 saturated heterocycles. The van der Waals surface area contributed by atoms with Crippen LogP contribution < -0.4 is 10.6 Å². The van der Waals surface area contributed by atoms with Crippen molar-refractivity contribution in [3.8, 4) is 0 Å². The Hall–Kier alpha value is -2.16. The van der Waals surface area contributed by atoms with Gasteiger partial charge in [-0.15, -0.1) is 0 Å². The summed E-state index contributed by atoms with van der Waals surface area (Å²) in [5.74, 6) is -7.34. The highest BCUT2D eigenvalue weighted by Crippen LogP contribution is 2.55. The van der Waals surface area contributed by atoms with Crippen LogP contribution in [0.3, 0.4) is 0 Å². The fourth-order valence-electron chi connectivity index (χ4n) is 6.58. The predicted molar refractivity (Wildman–Crippen MR) is 131 cm³/mol. The van der Waals surface area contributed by atoms with E-state index in [2.05, 4.69) is 17.6 Å². The Kier molecular flexibility index (Phi) is 6.82. The fraction of sp³-hybridized carbons (Fsp3) is 0.714. The van der Waals surface area contributed by atoms with Crippen LogP contribution in [0.2, 0.25) is 0 Å². The first-order chi connectivity index (χ1) is 17.4. The molecule has 37 heavy (non-hydrogen) atoms. The minimum atomic E-state index is -2.77. The van der Waals surface area contributed by atoms with E-state index in [0.717, 1.165) is 18.4 Å². The Morgan fingerprint density at radius 2 is 1.68 bits per heavy atom. The third-order valence-electron chi connectivity index (χ3n) is 9.27. The highest BCUT2D eigenvalue weighted by molar-refractivity contribution is 5.92. The van der Waals surface area contributed by atoms with Crippen molar-refractivity contribution >= 4 is 17.5 Å². The number of rotatable bonds is 9. The van der Waals surface area contributed by atoms with Crippen LogP contribution in [0.4, 0.5) is 23.2 Å². The highest BCUT2D eigenvalue weighted by Gasteiger charge is 2.56. The topological polar surface area (TPSA) is 67.4 Å². The lowest BCUT2D eigenvalue weighted by Crippen LogP contribution is -2.49. The predicted octanol–water partition coefficient (Wildman–Crippen LogP) is 5.69. The number of carbonyl (C=O) groups excluding carboxylic acids is 2. The summed E-state index contributed by atoms with van der Waals surface area (Å²) >= 11 is 0. The molecule has 3 aliphatic carbocycles. The van der Waals surface area contributed by atoms with Gasteiger partial charge in [-0.25, -0.2) is 17.6 Å². The first kappa shape index (κ1) is 26.4. The zero-order valence-electron chi connectivity index (χ0n) is 21.3. The van der Waals surface area contributed by atoms with E-state index in [4.69, 9.17) is 4.74 Å². The van der Waals surface area contributed by atoms with Gasteiger partial charge in [-0.1, -0.05) is 25.5 Å². The molecule has 4 aliphatic rings. The zero-order chi connectivity index (χ0) is 26.5. The van der Waals surface area contributed by atoms with Crippen molar-refractivity contribution in [2.45, 2.75) is 82.0 Å². The van der Waals surface area contributed by atoms with Crippen molar-refractivity contribution in [3.63, 3.8) is 0 Å². The molecule has 1 heterocycles. The van der Waals surface area contributed by atoms with E-state index in [1.54, 1.807) is 18.2 Å². The molecule has 204 valence electrons. The number of benzene rings is 1. The van der Waals surface area contributed by atoms with Gasteiger partial charge in [-0.2, -0.15) is 0 Å². The molecule has 4 fully saturated rings. The van der Waals surface area contributed by atoms with Crippen LogP contribution in [0.25, 0.3) is 0 Å². The summed E-state index contributed by atoms with van der Waals surface area (Å²) in [6.07, 6.45) is 2.43. The molecular weight excluding hydrogens is 488 g/mol. The van der Waals surface area contributed by atoms with Crippen molar-refractivity contribution < 1.29 is 31.9 Å². The normalized spacial score (nSPS) is 28.2. The summed E-state index contributed by atoms with van der Waals surface area (Å²) in [5.41, 5.74) is 0.521. The molecule has 1 aliphatic heterocycles. The van der Waals surface area contributed by atoms with E-state index in [1.165, 1.54) is 6.42 Å². The van der Waals surface area contributed by atoms with Gasteiger partial charge in [-0.05, 0) is 60.1 Å². The largest absolute Gasteiger partial charge is 0.380 e. The molecule has 0 bridgehead atoms. The molecule has 3 saturated carbocycles. The minimum absolute atomic E-state index is 0.0704. The standard InChI is InChI=1S/C28H36F4N2O3/c1-25(6-3-7-25)16-33-24(36)26(8-9-37-17-26)20-4-2-5-21(10-20)34-23(35)11-22(18-12-27(29,30)13-18)19-14-28(31,32)15-19/h2,4-5,10,18-19,22H,3,6-9,11-17H2,1H3,(H,33,36)(H,34,35). The lowest BCUT2D eigenvalue weighted by molar-refractivity contribution is -0.173. The van der Waals surface area contributed by atoms with Crippen LogP contribution in [0.1, 0.15) is 70.3 Å². The van der Waals surface area contributed by atoms with Gasteiger partial charge in [0, 0.05) is 50.9 Å². The van der Waals surface area contributed by atoms with Crippen molar-refractivity contribution in [1.82, 2.24) is 5.32 Å². The van der Waals surface area contributed by atoms with Crippen LogP contribution in [-0.2, 0) is 19.7 Å². The fourth-order valence-corrected chi connectivity index (χ4v) is 6.58. The molecule has 5 nitrogen and oxygen atoms in total. The molecule has 1 aromatic carbocycles. The van der Waals surface area contributed by atoms with Gasteiger partial charge in [0.15, 0.2) is 0 Å². The Labute approximate surface area is 215 Å². The minimum Gasteiger partial charge on any atom is -0.380 e. The summed E-state index contributed by atoms with van der Waals surface area (Å²) < 4.78 is 59.7. The molecule has 1 aromatic rings. The maximum absolute atomic E-state index is 13.5. The van der Waals surface area contributed by atoms with E-state index in [1.807, 2.05) is 6.07 Å². The lowest BCUT2D eigenvalue weighted by atomic mass is 9.61. The van der Waals surface area contributed by atoms with Gasteiger partial charge in [0.2, 0.25) is 23.7 Å². The second-order valence-electron chi connectivity index (χ2n) is 12.3. The van der Waals surface area contributed by atoms with E-state index < -0.39 is 35.0 Å². The molecule has 0 radical (unpaired) electrons. The third-order valence-corrected chi connectivity index (χ3v) is 9.27. The summed E-state index contributed by atoms with van der Waals surface area (Å²) in [4.78, 5) is 26.3. The third kappa shape index (κ3) is 5.52. The number of halogens is 4. The second-order valence-corrected chi connectivity index (χ2v) is 12.3. The second kappa shape index (κ2) is 9.54. The molecule has 1 unspecified atom stereocenters. The number of nitrogens with one attached hydrogen (secondary N) is 2. The molecule has 2 N–H and O–H groups in total. The average molecular weight is 525 g/mol. The summed E-state index contributed by atoms with van der Waals surface area (Å²) in [7, 11) is 0. The first-order valence-electron chi connectivity index (χ1n) is 13.4. The summed E-state index contributed by atoms with van der Waals surface area (Å²) in [6, 6.07) is 7.09. The van der Waals surface area contributed by atoms with Crippen LogP contribution in [0.15, 0.2) is 24.3 Å². The van der Waals surface area contributed by atoms with E-state index in [9.17, 15) is 27.2 Å². The number of amides is 2. The van der Waals surface area contributed by atoms with Crippen molar-refractivity contribution in [2.24, 2.45) is 23.2 Å². The molecule has 1 atom stereocenters. The SMILES string of the molecule is CC1(CNC(=O)C2(c3cccc(NC(=O)CC(C4CC(F)(F)C4)C4CC(F)(F)C4)c3)CCOC2)CCC1. The maximum Gasteiger partial charge on any atom is 0.248 e. The van der Waals surface area contributed by atoms with E-state index in [-0.39, 0.29) is 55.9 Å². The monoisotopic (exact) mass is 524 g/mol. The molecular formula is C28H36F4N2O3. The van der Waals surface area contributed by atoms with E-state index >= 15 is 0 Å². The number of carbonyl (C=O) groups is 2. The Morgan fingerprint density at radius 3 is 2.19 bits per heavy atom. The summed E-state index contributed by atoms with van der Waals surface area (Å²) in [5, 5.41) is 5.96. The van der Waals surface area contributed by atoms with Gasteiger partial charge in [0.1, 0.15) is 0 Å². The quantitative estimate of drug-likeness (QED) is 0.408. The number of hydrogen-bond acceptors (Lipinski definition) is 3. The van der Waals surface area contributed by atoms with Crippen LogP contribution in [0, 0.1) is 23.2 Å². The summed E-state index contributed by atoms with van der Waals surface area (Å²) in [6.45, 7) is 3.50. The number of ether oxygens (including phenoxy) is 1. The molecule has 0 spiro atoms. The number of alkyl halides is 4. The Bertz CT molecular complexity index is 996. The highest BCUT2D eigenvalue weighted by atomic mass is 19.3. The van der Waals surface area contributed by atoms with E-state index in [0.29, 0.717) is 25.3 Å². The van der Waals surface area contributed by atoms with Crippen molar-refractivity contribution in [3.05, 3.63) is 29.8 Å². The molecule has 2 amide bonds. The zero-order valence-corrected chi connectivity index (χ0v) is 21.3. The molecule has 0 aromatic heterocycles. The average Bonchev–Trinajstić information content (AvgIpc) is 3.28. The lowest BCUT2D eigenvalue weighted by Gasteiger charge is -2.48. The van der Waals surface area contributed by atoms with Gasteiger partial charge >= 0.3 is 0 Å². The molecule has 5 rings (SSSR count). The first-order valence-corrected chi connectivity index (χ1v) is 13.4. The van der Waals surface area contributed by atoms with Gasteiger partial charge in [0.25, 0.3) is 0 Å². The Balaban J connectivity index is 1.25. The maximum atomic E-state index is 13.5. The van der Waals surface area contributed by atoms with Crippen LogP contribution >= 0.6 is 0 Å². The van der Waals surface area contributed by atoms with Crippen molar-refractivity contribution in [2.75, 3.05) is 25.1 Å². The van der Waals surface area contributed by atoms with Crippen LogP contribution in [0.5, 0.6) is 0 Å². The van der Waals surface area contributed by atoms with Crippen molar-refractivity contribution in [1.29, 1.82) is 0 Å². The Morgan fingerprint density at radius 1 is 1.03 bits per heavy atom. The number of hydrogen-bond donors (Lipinski definition) is 2. The molecule has 9 heteroatoms. The number of anilines is 1. The van der Waals surface area contributed by atoms with Gasteiger partial charge in [0.05, 0.1) is 12.0 Å². The van der Waals surface area contributed by atoms with Crippen LogP contribution in [-0.4, -0.2) is 43.4 Å². The van der Waals surface area contributed by atoms with Gasteiger partial charge in [-0.3, -0.25) is 9.59 Å². The van der Waals surface area contributed by atoms with Gasteiger partial charge < -0.3 is 15.4 Å². The smallest absolute Gasteiger partial charge is 0.248 e.